The molecule has 0 aliphatic carbocycles. The van der Waals surface area contributed by atoms with Gasteiger partial charge in [-0.3, -0.25) is 9.69 Å². The molecule has 2 aromatic rings. The Labute approximate surface area is 176 Å². The summed E-state index contributed by atoms with van der Waals surface area (Å²) in [7, 11) is 4.31. The summed E-state index contributed by atoms with van der Waals surface area (Å²) < 4.78 is 6.06. The smallest absolute Gasteiger partial charge is 0.262 e. The van der Waals surface area contributed by atoms with Crippen molar-refractivity contribution in [1.82, 2.24) is 10.3 Å². The van der Waals surface area contributed by atoms with Crippen molar-refractivity contribution < 1.29 is 9.53 Å². The van der Waals surface area contributed by atoms with Gasteiger partial charge in [0.2, 0.25) is 0 Å². The van der Waals surface area contributed by atoms with Crippen LogP contribution >= 0.6 is 0 Å². The minimum Gasteiger partial charge on any atom is -0.483 e. The second-order valence-electron chi connectivity index (χ2n) is 8.48. The third-order valence-corrected chi connectivity index (χ3v) is 6.43. The van der Waals surface area contributed by atoms with Crippen molar-refractivity contribution in [2.24, 2.45) is 11.0 Å². The highest BCUT2D eigenvalue weighted by Crippen LogP contribution is 2.45. The van der Waals surface area contributed by atoms with E-state index in [2.05, 4.69) is 77.7 Å². The van der Waals surface area contributed by atoms with Gasteiger partial charge in [-0.15, -0.1) is 0 Å². The van der Waals surface area contributed by atoms with Crippen molar-refractivity contribution in [2.75, 3.05) is 37.0 Å². The Bertz CT molecular complexity index is 1010. The minimum atomic E-state index is -0.341. The Morgan fingerprint density at radius 2 is 1.97 bits per heavy atom. The van der Waals surface area contributed by atoms with Gasteiger partial charge in [0.25, 0.3) is 5.91 Å². The second-order valence-corrected chi connectivity index (χ2v) is 8.48. The van der Waals surface area contributed by atoms with E-state index in [9.17, 15) is 4.79 Å². The highest BCUT2D eigenvalue weighted by molar-refractivity contribution is 6.10. The fraction of sp³-hybridized carbons (Fsp3) is 0.391. The molecule has 0 saturated carbocycles. The number of nitrogens with one attached hydrogen (secondary N) is 1. The first-order valence-corrected chi connectivity index (χ1v) is 10.4. The van der Waals surface area contributed by atoms with E-state index in [0.29, 0.717) is 18.7 Å². The van der Waals surface area contributed by atoms with Gasteiger partial charge >= 0.3 is 0 Å². The number of carbonyl (C=O) groups excluding carboxylic acids is 1. The van der Waals surface area contributed by atoms with Crippen LogP contribution in [0.5, 0.6) is 5.75 Å². The van der Waals surface area contributed by atoms with Crippen molar-refractivity contribution in [3.05, 3.63) is 42.5 Å². The zero-order valence-electron chi connectivity index (χ0n) is 17.8. The summed E-state index contributed by atoms with van der Waals surface area (Å²) in [5.41, 5.74) is 6.87. The third-order valence-electron chi connectivity index (χ3n) is 6.43. The number of hydrazone groups is 1. The molecule has 1 fully saturated rings. The molecule has 3 atom stereocenters. The number of hydrogen-bond donors (Lipinski definition) is 1. The SMILES string of the molecule is CC1CN(C)C1N(C)c1cc2c(cc1-c1ccccc1)OCC1=NNC(=O)C(C)N12. The summed E-state index contributed by atoms with van der Waals surface area (Å²) >= 11 is 0. The number of benzene rings is 2. The largest absolute Gasteiger partial charge is 0.483 e. The molecule has 0 radical (unpaired) electrons. The molecule has 0 aromatic heterocycles. The molecular formula is C23H27N5O2. The van der Waals surface area contributed by atoms with E-state index in [-0.39, 0.29) is 11.9 Å². The Morgan fingerprint density at radius 1 is 1.20 bits per heavy atom. The maximum atomic E-state index is 12.3. The van der Waals surface area contributed by atoms with Gasteiger partial charge in [0.15, 0.2) is 5.84 Å². The zero-order valence-corrected chi connectivity index (χ0v) is 17.8. The van der Waals surface area contributed by atoms with Gasteiger partial charge in [0.05, 0.1) is 11.9 Å². The van der Waals surface area contributed by atoms with Gasteiger partial charge in [-0.1, -0.05) is 37.3 Å². The number of amides is 1. The van der Waals surface area contributed by atoms with Crippen LogP contribution in [0.4, 0.5) is 11.4 Å². The van der Waals surface area contributed by atoms with Crippen LogP contribution < -0.4 is 20.0 Å². The summed E-state index contributed by atoms with van der Waals surface area (Å²) in [5, 5.41) is 4.22. The number of ether oxygens (including phenoxy) is 1. The van der Waals surface area contributed by atoms with Gasteiger partial charge in [0.1, 0.15) is 18.4 Å². The standard InChI is InChI=1S/C23H27N5O2/c1-14-12-26(3)23(14)27(4)18-11-19-20(10-17(18)16-8-6-5-7-9-16)30-13-21-24-25-22(29)15(2)28(19)21/h5-11,14-15,23H,12-13H2,1-4H3,(H,25,29). The van der Waals surface area contributed by atoms with E-state index in [4.69, 9.17) is 4.74 Å². The van der Waals surface area contributed by atoms with E-state index in [0.717, 1.165) is 40.6 Å². The normalized spacial score (nSPS) is 25.3. The summed E-state index contributed by atoms with van der Waals surface area (Å²) in [4.78, 5) is 19.0. The summed E-state index contributed by atoms with van der Waals surface area (Å²) in [6, 6.07) is 14.3. The molecule has 0 spiro atoms. The zero-order chi connectivity index (χ0) is 21.0. The molecule has 5 rings (SSSR count). The first-order chi connectivity index (χ1) is 14.5. The lowest BCUT2D eigenvalue weighted by molar-refractivity contribution is -0.122. The summed E-state index contributed by atoms with van der Waals surface area (Å²) in [5.74, 6) is 1.97. The Morgan fingerprint density at radius 3 is 2.67 bits per heavy atom. The molecule has 1 N–H and O–H groups in total. The van der Waals surface area contributed by atoms with E-state index < -0.39 is 0 Å². The lowest BCUT2D eigenvalue weighted by Gasteiger charge is -2.50. The van der Waals surface area contributed by atoms with Gasteiger partial charge < -0.3 is 14.5 Å². The molecule has 0 bridgehead atoms. The Kier molecular flexibility index (Phi) is 4.43. The Balaban J connectivity index is 1.67. The first-order valence-electron chi connectivity index (χ1n) is 10.4. The molecule has 1 amide bonds. The lowest BCUT2D eigenvalue weighted by atomic mass is 9.94. The molecule has 3 heterocycles. The fourth-order valence-corrected chi connectivity index (χ4v) is 4.97. The molecular weight excluding hydrogens is 378 g/mol. The monoisotopic (exact) mass is 405 g/mol. The number of nitrogens with zero attached hydrogens (tertiary/aromatic N) is 4. The second kappa shape index (κ2) is 7.02. The number of rotatable bonds is 3. The molecule has 2 aromatic carbocycles. The van der Waals surface area contributed by atoms with Crippen molar-refractivity contribution in [3.63, 3.8) is 0 Å². The highest BCUT2D eigenvalue weighted by Gasteiger charge is 2.39. The average molecular weight is 406 g/mol. The maximum Gasteiger partial charge on any atom is 0.262 e. The van der Waals surface area contributed by atoms with Crippen LogP contribution in [0.15, 0.2) is 47.6 Å². The quantitative estimate of drug-likeness (QED) is 0.851. The van der Waals surface area contributed by atoms with Crippen LogP contribution in [0.1, 0.15) is 13.8 Å². The number of fused-ring (bicyclic) bond motifs is 3. The third kappa shape index (κ3) is 2.84. The van der Waals surface area contributed by atoms with Gasteiger partial charge in [-0.25, -0.2) is 5.43 Å². The number of likely N-dealkylation sites (tertiary alicyclic amines) is 1. The van der Waals surface area contributed by atoms with Crippen molar-refractivity contribution in [1.29, 1.82) is 0 Å². The molecule has 7 nitrogen and oxygen atoms in total. The van der Waals surface area contributed by atoms with Crippen LogP contribution in [0.2, 0.25) is 0 Å². The number of hydrogen-bond acceptors (Lipinski definition) is 6. The fourth-order valence-electron chi connectivity index (χ4n) is 4.97. The van der Waals surface area contributed by atoms with Crippen molar-refractivity contribution >= 4 is 23.1 Å². The van der Waals surface area contributed by atoms with Crippen LogP contribution in [-0.2, 0) is 4.79 Å². The van der Waals surface area contributed by atoms with E-state index in [1.54, 1.807) is 0 Å². The molecule has 3 unspecified atom stereocenters. The molecule has 3 aliphatic rings. The molecule has 30 heavy (non-hydrogen) atoms. The lowest BCUT2D eigenvalue weighted by Crippen LogP contribution is -2.61. The van der Waals surface area contributed by atoms with Crippen molar-refractivity contribution in [2.45, 2.75) is 26.1 Å². The first kappa shape index (κ1) is 18.9. The summed E-state index contributed by atoms with van der Waals surface area (Å²) in [6.45, 7) is 5.61. The number of carbonyl (C=O) groups is 1. The topological polar surface area (TPSA) is 60.4 Å². The predicted molar refractivity (Wildman–Crippen MR) is 119 cm³/mol. The van der Waals surface area contributed by atoms with Crippen LogP contribution in [0.3, 0.4) is 0 Å². The molecule has 156 valence electrons. The average Bonchev–Trinajstić information content (AvgIpc) is 2.75. The van der Waals surface area contributed by atoms with Gasteiger partial charge in [-0.2, -0.15) is 5.10 Å². The number of amidine groups is 1. The molecule has 7 heteroatoms. The van der Waals surface area contributed by atoms with E-state index in [1.165, 1.54) is 0 Å². The number of anilines is 2. The van der Waals surface area contributed by atoms with E-state index in [1.807, 2.05) is 17.9 Å². The van der Waals surface area contributed by atoms with Gasteiger partial charge in [0, 0.05) is 30.8 Å². The Hall–Kier alpha value is -3.06. The van der Waals surface area contributed by atoms with E-state index >= 15 is 0 Å². The van der Waals surface area contributed by atoms with Crippen LogP contribution in [0.25, 0.3) is 11.1 Å². The highest BCUT2D eigenvalue weighted by atomic mass is 16.5. The van der Waals surface area contributed by atoms with Gasteiger partial charge in [-0.05, 0) is 31.7 Å². The van der Waals surface area contributed by atoms with Crippen molar-refractivity contribution in [3.8, 4) is 16.9 Å². The minimum absolute atomic E-state index is 0.110. The molecule has 3 aliphatic heterocycles. The molecule has 1 saturated heterocycles. The van der Waals surface area contributed by atoms with Crippen LogP contribution in [0, 0.1) is 5.92 Å². The summed E-state index contributed by atoms with van der Waals surface area (Å²) in [6.07, 6.45) is 0.324. The van der Waals surface area contributed by atoms with Crippen LogP contribution in [-0.4, -0.2) is 56.1 Å². The maximum absolute atomic E-state index is 12.3. The predicted octanol–water partition coefficient (Wildman–Crippen LogP) is 2.73.